The number of anilines is 1. The van der Waals surface area contributed by atoms with E-state index in [2.05, 4.69) is 14.9 Å². The van der Waals surface area contributed by atoms with Crippen molar-refractivity contribution in [3.05, 3.63) is 38.5 Å². The molecule has 0 aliphatic carbocycles. The predicted octanol–water partition coefficient (Wildman–Crippen LogP) is 0.397. The van der Waals surface area contributed by atoms with Crippen LogP contribution in [0.25, 0.3) is 0 Å². The smallest absolute Gasteiger partial charge is 0.328 e. The normalized spacial score (nSPS) is 10.6. The number of rotatable bonds is 5. The maximum Gasteiger partial charge on any atom is 0.328 e. The van der Waals surface area contributed by atoms with E-state index in [0.29, 0.717) is 5.69 Å². The highest BCUT2D eigenvalue weighted by molar-refractivity contribution is 7.10. The lowest BCUT2D eigenvalue weighted by molar-refractivity contribution is 0.564. The third-order valence-electron chi connectivity index (χ3n) is 2.38. The number of hydrogen-bond donors (Lipinski definition) is 2. The summed E-state index contributed by atoms with van der Waals surface area (Å²) in [5, 5.41) is 7.75. The first-order chi connectivity index (χ1) is 9.11. The van der Waals surface area contributed by atoms with Crippen LogP contribution in [0.15, 0.2) is 15.8 Å². The van der Waals surface area contributed by atoms with Gasteiger partial charge in [-0.2, -0.15) is 4.39 Å². The van der Waals surface area contributed by atoms with Crippen LogP contribution in [0.1, 0.15) is 19.0 Å². The van der Waals surface area contributed by atoms with E-state index >= 15 is 0 Å². The zero-order chi connectivity index (χ0) is 13.8. The number of nitrogens with one attached hydrogen (secondary N) is 2. The fraction of sp³-hybridized carbons (Fsp3) is 0.400. The Bertz CT molecular complexity index is 677. The van der Waals surface area contributed by atoms with Crippen LogP contribution in [0.4, 0.5) is 9.39 Å². The molecule has 0 unspecified atom stereocenters. The van der Waals surface area contributed by atoms with E-state index in [4.69, 9.17) is 0 Å². The Balaban J connectivity index is 2.27. The molecule has 9 heteroatoms. The maximum absolute atomic E-state index is 13.1. The summed E-state index contributed by atoms with van der Waals surface area (Å²) < 4.78 is 18.0. The molecule has 0 fully saturated rings. The topological polar surface area (TPSA) is 92.7 Å². The van der Waals surface area contributed by atoms with Gasteiger partial charge in [0, 0.05) is 18.1 Å². The summed E-state index contributed by atoms with van der Waals surface area (Å²) in [5.74, 6) is -1.01. The molecule has 102 valence electrons. The average molecular weight is 285 g/mol. The molecule has 0 spiro atoms. The molecule has 0 atom stereocenters. The van der Waals surface area contributed by atoms with Gasteiger partial charge in [0.25, 0.3) is 5.56 Å². The lowest BCUT2D eigenvalue weighted by Crippen LogP contribution is -2.31. The number of aromatic nitrogens is 4. The Hall–Kier alpha value is -2.03. The lowest BCUT2D eigenvalue weighted by Gasteiger charge is -2.05. The minimum Gasteiger partial charge on any atom is -0.374 e. The Labute approximate surface area is 111 Å². The fourth-order valence-electron chi connectivity index (χ4n) is 1.45. The zero-order valence-corrected chi connectivity index (χ0v) is 11.0. The van der Waals surface area contributed by atoms with Crippen LogP contribution in [0.3, 0.4) is 0 Å². The Morgan fingerprint density at radius 2 is 2.32 bits per heavy atom. The molecule has 2 aromatic heterocycles. The second-order valence-electron chi connectivity index (χ2n) is 3.84. The molecular weight excluding hydrogens is 273 g/mol. The van der Waals surface area contributed by atoms with Gasteiger partial charge < -0.3 is 5.32 Å². The highest BCUT2D eigenvalue weighted by atomic mass is 32.1. The molecule has 2 heterocycles. The van der Waals surface area contributed by atoms with Crippen LogP contribution < -0.4 is 16.6 Å². The highest BCUT2D eigenvalue weighted by Crippen LogP contribution is 2.17. The molecule has 0 aliphatic heterocycles. The van der Waals surface area contributed by atoms with Crippen LogP contribution in [0, 0.1) is 5.82 Å². The zero-order valence-electron chi connectivity index (χ0n) is 10.1. The van der Waals surface area contributed by atoms with Crippen molar-refractivity contribution in [1.82, 2.24) is 19.1 Å². The molecule has 2 aromatic rings. The van der Waals surface area contributed by atoms with E-state index in [0.717, 1.165) is 28.7 Å². The van der Waals surface area contributed by atoms with Gasteiger partial charge in [-0.1, -0.05) is 11.4 Å². The summed E-state index contributed by atoms with van der Waals surface area (Å²) in [6.07, 6.45) is 1.80. The van der Waals surface area contributed by atoms with Crippen molar-refractivity contribution in [2.24, 2.45) is 0 Å². The van der Waals surface area contributed by atoms with Gasteiger partial charge in [0.05, 0.1) is 12.7 Å². The fourth-order valence-corrected chi connectivity index (χ4v) is 2.04. The van der Waals surface area contributed by atoms with Crippen molar-refractivity contribution in [3.8, 4) is 0 Å². The number of H-pyrrole nitrogens is 1. The predicted molar refractivity (Wildman–Crippen MR) is 69.1 cm³/mol. The van der Waals surface area contributed by atoms with E-state index in [1.807, 2.05) is 11.9 Å². The Morgan fingerprint density at radius 3 is 3.05 bits per heavy atom. The number of hydrogen-bond acceptors (Lipinski definition) is 6. The van der Waals surface area contributed by atoms with E-state index in [1.54, 1.807) is 0 Å². The van der Waals surface area contributed by atoms with Crippen molar-refractivity contribution in [2.45, 2.75) is 19.9 Å². The minimum atomic E-state index is -1.03. The van der Waals surface area contributed by atoms with Crippen LogP contribution in [-0.2, 0) is 6.54 Å². The largest absolute Gasteiger partial charge is 0.374 e. The van der Waals surface area contributed by atoms with Crippen molar-refractivity contribution in [1.29, 1.82) is 0 Å². The molecular formula is C10H12FN5O2S. The summed E-state index contributed by atoms with van der Waals surface area (Å²) in [7, 11) is 0. The van der Waals surface area contributed by atoms with E-state index in [-0.39, 0.29) is 6.54 Å². The molecule has 0 aliphatic rings. The van der Waals surface area contributed by atoms with E-state index in [1.165, 1.54) is 11.5 Å². The standard InChI is InChI=1S/C10H12FN5O2S/c1-2-3-12-9-7(14-15-19-9)5-16-4-6(11)8(17)13-10(16)18/h4,12H,2-3,5H2,1H3,(H,13,17,18). The van der Waals surface area contributed by atoms with Crippen molar-refractivity contribution in [3.63, 3.8) is 0 Å². The first kappa shape index (κ1) is 13.4. The Kier molecular flexibility index (Phi) is 4.05. The van der Waals surface area contributed by atoms with E-state index in [9.17, 15) is 14.0 Å². The molecule has 7 nitrogen and oxygen atoms in total. The molecule has 0 saturated carbocycles. The van der Waals surface area contributed by atoms with Gasteiger partial charge in [-0.05, 0) is 6.42 Å². The number of halogens is 1. The van der Waals surface area contributed by atoms with Crippen molar-refractivity contribution >= 4 is 16.5 Å². The number of aromatic amines is 1. The van der Waals surface area contributed by atoms with Crippen LogP contribution in [0.5, 0.6) is 0 Å². The first-order valence-corrected chi connectivity index (χ1v) is 6.43. The van der Waals surface area contributed by atoms with Gasteiger partial charge in [0.15, 0.2) is 0 Å². The summed E-state index contributed by atoms with van der Waals surface area (Å²) in [4.78, 5) is 24.3. The molecule has 0 amide bonds. The summed E-state index contributed by atoms with van der Waals surface area (Å²) in [6, 6.07) is 0. The third kappa shape index (κ3) is 3.05. The lowest BCUT2D eigenvalue weighted by atomic mass is 10.4. The summed E-state index contributed by atoms with van der Waals surface area (Å²) in [6.45, 7) is 2.82. The second kappa shape index (κ2) is 5.74. The summed E-state index contributed by atoms with van der Waals surface area (Å²) >= 11 is 1.17. The first-order valence-electron chi connectivity index (χ1n) is 5.66. The third-order valence-corrected chi connectivity index (χ3v) is 3.10. The van der Waals surface area contributed by atoms with Crippen molar-refractivity contribution < 1.29 is 4.39 Å². The molecule has 0 saturated heterocycles. The molecule has 0 aromatic carbocycles. The highest BCUT2D eigenvalue weighted by Gasteiger charge is 2.10. The molecule has 19 heavy (non-hydrogen) atoms. The molecule has 0 bridgehead atoms. The van der Waals surface area contributed by atoms with Crippen LogP contribution in [0.2, 0.25) is 0 Å². The second-order valence-corrected chi connectivity index (χ2v) is 4.59. The SMILES string of the molecule is CCCNc1snnc1Cn1cc(F)c(=O)[nH]c1=O. The van der Waals surface area contributed by atoms with Crippen LogP contribution >= 0.6 is 11.5 Å². The Morgan fingerprint density at radius 1 is 1.53 bits per heavy atom. The molecule has 0 radical (unpaired) electrons. The van der Waals surface area contributed by atoms with Gasteiger partial charge in [-0.3, -0.25) is 14.3 Å². The van der Waals surface area contributed by atoms with Gasteiger partial charge in [0.2, 0.25) is 5.82 Å². The minimum absolute atomic E-state index is 0.0507. The molecule has 2 N–H and O–H groups in total. The maximum atomic E-state index is 13.1. The van der Waals surface area contributed by atoms with Crippen LogP contribution in [-0.4, -0.2) is 25.7 Å². The monoisotopic (exact) mass is 285 g/mol. The van der Waals surface area contributed by atoms with Gasteiger partial charge in [-0.15, -0.1) is 5.10 Å². The van der Waals surface area contributed by atoms with Gasteiger partial charge >= 0.3 is 5.69 Å². The number of nitrogens with zero attached hydrogens (tertiary/aromatic N) is 3. The molecule has 2 rings (SSSR count). The van der Waals surface area contributed by atoms with Gasteiger partial charge in [0.1, 0.15) is 10.7 Å². The van der Waals surface area contributed by atoms with Gasteiger partial charge in [-0.25, -0.2) is 4.79 Å². The average Bonchev–Trinajstić information content (AvgIpc) is 2.81. The quantitative estimate of drug-likeness (QED) is 0.829. The van der Waals surface area contributed by atoms with Crippen molar-refractivity contribution in [2.75, 3.05) is 11.9 Å². The van der Waals surface area contributed by atoms with E-state index < -0.39 is 17.1 Å². The summed E-state index contributed by atoms with van der Waals surface area (Å²) in [5.41, 5.74) is -1.17.